The summed E-state index contributed by atoms with van der Waals surface area (Å²) in [6.07, 6.45) is 1.70. The smallest absolute Gasteiger partial charge is 0.246 e. The fourth-order valence-corrected chi connectivity index (χ4v) is 2.44. The van der Waals surface area contributed by atoms with Gasteiger partial charge in [-0.3, -0.25) is 9.59 Å². The molecule has 1 saturated heterocycles. The third kappa shape index (κ3) is 2.63. The zero-order valence-electron chi connectivity index (χ0n) is 9.84. The summed E-state index contributed by atoms with van der Waals surface area (Å²) in [5.74, 6) is -0.0137. The van der Waals surface area contributed by atoms with Gasteiger partial charge in [-0.05, 0) is 5.92 Å². The van der Waals surface area contributed by atoms with Crippen molar-refractivity contribution in [2.75, 3.05) is 6.54 Å². The summed E-state index contributed by atoms with van der Waals surface area (Å²) in [6.45, 7) is 4.40. The number of aromatic nitrogens is 1. The fraction of sp³-hybridized carbons (Fsp3) is 0.545. The highest BCUT2D eigenvalue weighted by atomic mass is 32.1. The molecule has 0 spiro atoms. The van der Waals surface area contributed by atoms with E-state index in [1.54, 1.807) is 11.1 Å². The first kappa shape index (κ1) is 12.0. The summed E-state index contributed by atoms with van der Waals surface area (Å²) in [5, 5.41) is 5.45. The lowest BCUT2D eigenvalue weighted by molar-refractivity contribution is -0.146. The van der Waals surface area contributed by atoms with Gasteiger partial charge < -0.3 is 10.2 Å². The van der Waals surface area contributed by atoms with Gasteiger partial charge in [0.2, 0.25) is 11.8 Å². The van der Waals surface area contributed by atoms with Gasteiger partial charge in [0.05, 0.1) is 6.54 Å². The number of hydrogen-bond donors (Lipinski definition) is 1. The Kier molecular flexibility index (Phi) is 3.42. The van der Waals surface area contributed by atoms with Crippen LogP contribution < -0.4 is 5.32 Å². The molecule has 6 heteroatoms. The minimum atomic E-state index is -0.406. The Morgan fingerprint density at radius 1 is 1.59 bits per heavy atom. The Labute approximate surface area is 104 Å². The molecule has 1 unspecified atom stereocenters. The normalized spacial score (nSPS) is 20.9. The van der Waals surface area contributed by atoms with Crippen LogP contribution in [0.4, 0.5) is 0 Å². The minimum absolute atomic E-state index is 0.0187. The van der Waals surface area contributed by atoms with E-state index in [4.69, 9.17) is 0 Å². The first-order valence-corrected chi connectivity index (χ1v) is 6.42. The second-order valence-corrected chi connectivity index (χ2v) is 5.39. The van der Waals surface area contributed by atoms with Gasteiger partial charge in [0, 0.05) is 11.6 Å². The molecule has 0 saturated carbocycles. The maximum atomic E-state index is 12.1. The molecular formula is C11H15N3O2S. The number of carbonyl (C=O) groups excluding carboxylic acids is 2. The molecule has 1 fully saturated rings. The number of thiazole rings is 1. The van der Waals surface area contributed by atoms with Gasteiger partial charge in [0.1, 0.15) is 17.6 Å². The molecule has 1 atom stereocenters. The van der Waals surface area contributed by atoms with Gasteiger partial charge in [-0.15, -0.1) is 11.3 Å². The Morgan fingerprint density at radius 3 is 2.94 bits per heavy atom. The number of nitrogens with zero attached hydrogens (tertiary/aromatic N) is 2. The van der Waals surface area contributed by atoms with Crippen molar-refractivity contribution in [1.29, 1.82) is 0 Å². The van der Waals surface area contributed by atoms with E-state index in [0.717, 1.165) is 5.01 Å². The Morgan fingerprint density at radius 2 is 2.35 bits per heavy atom. The average molecular weight is 253 g/mol. The average Bonchev–Trinajstić information content (AvgIpc) is 2.75. The molecule has 1 N–H and O–H groups in total. The summed E-state index contributed by atoms with van der Waals surface area (Å²) in [4.78, 5) is 29.4. The topological polar surface area (TPSA) is 62.3 Å². The van der Waals surface area contributed by atoms with E-state index in [0.29, 0.717) is 6.54 Å². The molecule has 1 aliphatic heterocycles. The van der Waals surface area contributed by atoms with Crippen molar-refractivity contribution in [3.63, 3.8) is 0 Å². The van der Waals surface area contributed by atoms with Gasteiger partial charge in [-0.25, -0.2) is 4.98 Å². The monoisotopic (exact) mass is 253 g/mol. The van der Waals surface area contributed by atoms with Gasteiger partial charge >= 0.3 is 0 Å². The highest BCUT2D eigenvalue weighted by Crippen LogP contribution is 2.15. The molecule has 1 aromatic heterocycles. The minimum Gasteiger partial charge on any atom is -0.343 e. The van der Waals surface area contributed by atoms with Crippen molar-refractivity contribution < 1.29 is 9.59 Å². The second-order valence-electron chi connectivity index (χ2n) is 4.41. The zero-order chi connectivity index (χ0) is 12.4. The van der Waals surface area contributed by atoms with Crippen LogP contribution in [0.25, 0.3) is 0 Å². The van der Waals surface area contributed by atoms with Gasteiger partial charge in [0.25, 0.3) is 0 Å². The zero-order valence-corrected chi connectivity index (χ0v) is 10.7. The lowest BCUT2D eigenvalue weighted by atomic mass is 10.0. The fourth-order valence-electron chi connectivity index (χ4n) is 1.81. The van der Waals surface area contributed by atoms with E-state index in [1.807, 2.05) is 19.2 Å². The first-order valence-electron chi connectivity index (χ1n) is 5.54. The molecule has 2 heterocycles. The van der Waals surface area contributed by atoms with Crippen LogP contribution in [-0.4, -0.2) is 34.3 Å². The van der Waals surface area contributed by atoms with Crippen molar-refractivity contribution in [1.82, 2.24) is 15.2 Å². The Bertz CT molecular complexity index is 416. The van der Waals surface area contributed by atoms with E-state index in [9.17, 15) is 9.59 Å². The first-order chi connectivity index (χ1) is 8.08. The van der Waals surface area contributed by atoms with E-state index in [1.165, 1.54) is 11.3 Å². The Hall–Kier alpha value is -1.43. The summed E-state index contributed by atoms with van der Waals surface area (Å²) >= 11 is 1.49. The molecule has 5 nitrogen and oxygen atoms in total. The quantitative estimate of drug-likeness (QED) is 0.859. The number of amides is 2. The maximum absolute atomic E-state index is 12.1. The third-order valence-electron chi connectivity index (χ3n) is 2.70. The highest BCUT2D eigenvalue weighted by molar-refractivity contribution is 7.09. The molecule has 2 amide bonds. The molecule has 0 aliphatic carbocycles. The van der Waals surface area contributed by atoms with Crippen molar-refractivity contribution >= 4 is 23.2 Å². The molecule has 17 heavy (non-hydrogen) atoms. The standard InChI is InChI=1S/C11H15N3O2S/c1-7(2)10-11(16)14(5-8(15)13-10)6-9-12-3-4-17-9/h3-4,7,10H,5-6H2,1-2H3,(H,13,15). The van der Waals surface area contributed by atoms with Crippen molar-refractivity contribution in [3.05, 3.63) is 16.6 Å². The predicted octanol–water partition coefficient (Wildman–Crippen LogP) is 0.626. The van der Waals surface area contributed by atoms with E-state index in [-0.39, 0.29) is 24.3 Å². The molecule has 92 valence electrons. The predicted molar refractivity (Wildman–Crippen MR) is 64.3 cm³/mol. The van der Waals surface area contributed by atoms with Crippen LogP contribution in [-0.2, 0) is 16.1 Å². The van der Waals surface area contributed by atoms with Gasteiger partial charge in [-0.2, -0.15) is 0 Å². The molecule has 0 bridgehead atoms. The third-order valence-corrected chi connectivity index (χ3v) is 3.47. The van der Waals surface area contributed by atoms with Crippen LogP contribution in [0.2, 0.25) is 0 Å². The van der Waals surface area contributed by atoms with Crippen LogP contribution in [0.3, 0.4) is 0 Å². The largest absolute Gasteiger partial charge is 0.343 e. The molecule has 0 radical (unpaired) electrons. The van der Waals surface area contributed by atoms with Crippen LogP contribution in [0, 0.1) is 5.92 Å². The molecule has 1 aromatic rings. The number of nitrogens with one attached hydrogen (secondary N) is 1. The molecular weight excluding hydrogens is 238 g/mol. The van der Waals surface area contributed by atoms with E-state index < -0.39 is 6.04 Å². The second kappa shape index (κ2) is 4.83. The van der Waals surface area contributed by atoms with Crippen molar-refractivity contribution in [2.45, 2.75) is 26.4 Å². The van der Waals surface area contributed by atoms with Crippen LogP contribution in [0.1, 0.15) is 18.9 Å². The molecule has 0 aromatic carbocycles. The SMILES string of the molecule is CC(C)C1NC(=O)CN(Cc2nccs2)C1=O. The molecule has 2 rings (SSSR count). The van der Waals surface area contributed by atoms with E-state index >= 15 is 0 Å². The number of rotatable bonds is 3. The van der Waals surface area contributed by atoms with Crippen LogP contribution >= 0.6 is 11.3 Å². The summed E-state index contributed by atoms with van der Waals surface area (Å²) in [6, 6.07) is -0.406. The lowest BCUT2D eigenvalue weighted by Crippen LogP contribution is -2.59. The number of carbonyl (C=O) groups is 2. The number of piperazine rings is 1. The maximum Gasteiger partial charge on any atom is 0.246 e. The highest BCUT2D eigenvalue weighted by Gasteiger charge is 2.34. The lowest BCUT2D eigenvalue weighted by Gasteiger charge is -2.33. The summed E-state index contributed by atoms with van der Waals surface area (Å²) < 4.78 is 0. The molecule has 1 aliphatic rings. The van der Waals surface area contributed by atoms with Crippen LogP contribution in [0.15, 0.2) is 11.6 Å². The Balaban J connectivity index is 2.10. The van der Waals surface area contributed by atoms with Gasteiger partial charge in [-0.1, -0.05) is 13.8 Å². The van der Waals surface area contributed by atoms with Crippen molar-refractivity contribution in [3.8, 4) is 0 Å². The van der Waals surface area contributed by atoms with Crippen molar-refractivity contribution in [2.24, 2.45) is 5.92 Å². The summed E-state index contributed by atoms with van der Waals surface area (Å²) in [7, 11) is 0. The van der Waals surface area contributed by atoms with E-state index in [2.05, 4.69) is 10.3 Å². The summed E-state index contributed by atoms with van der Waals surface area (Å²) in [5.41, 5.74) is 0. The van der Waals surface area contributed by atoms with Crippen LogP contribution in [0.5, 0.6) is 0 Å². The van der Waals surface area contributed by atoms with Gasteiger partial charge in [0.15, 0.2) is 0 Å². The number of hydrogen-bond acceptors (Lipinski definition) is 4.